The largest absolute Gasteiger partial charge is 0.357 e. The number of rotatable bonds is 8. The number of hydrogen-bond acceptors (Lipinski definition) is 3. The van der Waals surface area contributed by atoms with E-state index in [1.165, 1.54) is 12.1 Å². The van der Waals surface area contributed by atoms with Crippen molar-refractivity contribution in [2.24, 2.45) is 4.99 Å². The molecule has 2 rings (SSSR count). The van der Waals surface area contributed by atoms with Gasteiger partial charge >= 0.3 is 0 Å². The topological polar surface area (TPSA) is 82.6 Å². The molecule has 0 radical (unpaired) electrons. The third kappa shape index (κ3) is 7.68. The molecular formula is C18H23F2IN4O2S. The highest BCUT2D eigenvalue weighted by Gasteiger charge is 2.12. The number of nitrogens with one attached hydrogen (secondary N) is 3. The average Bonchev–Trinajstić information content (AvgIpc) is 2.66. The molecule has 154 valence electrons. The number of nitrogens with zero attached hydrogens (tertiary/aromatic N) is 1. The highest BCUT2D eigenvalue weighted by molar-refractivity contribution is 14.0. The summed E-state index contributed by atoms with van der Waals surface area (Å²) in [6, 6.07) is 11.2. The maximum Gasteiger partial charge on any atom is 0.240 e. The van der Waals surface area contributed by atoms with E-state index in [1.54, 1.807) is 18.2 Å². The van der Waals surface area contributed by atoms with Crippen molar-refractivity contribution < 1.29 is 17.2 Å². The van der Waals surface area contributed by atoms with Gasteiger partial charge in [-0.15, -0.1) is 24.0 Å². The third-order valence-corrected chi connectivity index (χ3v) is 5.00. The summed E-state index contributed by atoms with van der Waals surface area (Å²) in [5.41, 5.74) is 0.136. The highest BCUT2D eigenvalue weighted by atomic mass is 127. The minimum Gasteiger partial charge on any atom is -0.357 e. The lowest BCUT2D eigenvalue weighted by Crippen LogP contribution is -2.41. The molecule has 0 fully saturated rings. The molecule has 0 amide bonds. The van der Waals surface area contributed by atoms with Crippen molar-refractivity contribution >= 4 is 40.0 Å². The second-order valence-electron chi connectivity index (χ2n) is 5.57. The summed E-state index contributed by atoms with van der Waals surface area (Å²) in [6.07, 6.45) is 0. The van der Waals surface area contributed by atoms with Crippen LogP contribution in [0, 0.1) is 11.6 Å². The molecule has 28 heavy (non-hydrogen) atoms. The van der Waals surface area contributed by atoms with E-state index in [1.807, 2.05) is 6.92 Å². The van der Waals surface area contributed by atoms with Gasteiger partial charge in [0, 0.05) is 25.2 Å². The molecule has 0 aliphatic heterocycles. The fraction of sp³-hybridized carbons (Fsp3) is 0.278. The Bertz CT molecular complexity index is 880. The van der Waals surface area contributed by atoms with Crippen LogP contribution in [0.3, 0.4) is 0 Å². The van der Waals surface area contributed by atoms with Crippen molar-refractivity contribution in [3.05, 3.63) is 65.7 Å². The Hall–Kier alpha value is -1.79. The molecule has 0 aliphatic carbocycles. The molecule has 0 saturated heterocycles. The number of aliphatic imine (C=N–C) groups is 1. The van der Waals surface area contributed by atoms with E-state index in [4.69, 9.17) is 0 Å². The quantitative estimate of drug-likeness (QED) is 0.215. The fourth-order valence-electron chi connectivity index (χ4n) is 2.22. The molecule has 0 saturated carbocycles. The Morgan fingerprint density at radius 2 is 1.75 bits per heavy atom. The lowest BCUT2D eigenvalue weighted by molar-refractivity contribution is 0.580. The van der Waals surface area contributed by atoms with Crippen LogP contribution < -0.4 is 15.4 Å². The summed E-state index contributed by atoms with van der Waals surface area (Å²) in [5, 5.41) is 5.91. The Morgan fingerprint density at radius 1 is 1.04 bits per heavy atom. The summed E-state index contributed by atoms with van der Waals surface area (Å²) in [5.74, 6) is -0.693. The zero-order valence-corrected chi connectivity index (χ0v) is 18.4. The van der Waals surface area contributed by atoms with Crippen molar-refractivity contribution in [2.45, 2.75) is 18.4 Å². The van der Waals surface area contributed by atoms with Crippen molar-refractivity contribution in [1.29, 1.82) is 0 Å². The van der Waals surface area contributed by atoms with Gasteiger partial charge < -0.3 is 10.6 Å². The van der Waals surface area contributed by atoms with Crippen LogP contribution in [0.5, 0.6) is 0 Å². The standard InChI is InChI=1S/C18H22F2N4O2S.HI/c1-2-21-18(23-13-14-12-15(19)8-9-17(14)20)22-10-11-24-27(25,26)16-6-4-3-5-7-16;/h3-9,12,24H,2,10-11,13H2,1H3,(H2,21,22,23);1H. The SMILES string of the molecule is CCNC(=NCc1cc(F)ccc1F)NCCNS(=O)(=O)c1ccccc1.I. The minimum absolute atomic E-state index is 0. The molecule has 0 bridgehead atoms. The normalized spacial score (nSPS) is 11.6. The second kappa shape index (κ2) is 11.9. The van der Waals surface area contributed by atoms with Crippen molar-refractivity contribution in [2.75, 3.05) is 19.6 Å². The molecule has 0 spiro atoms. The Balaban J connectivity index is 0.00000392. The number of guanidine groups is 1. The van der Waals surface area contributed by atoms with Gasteiger partial charge in [0.05, 0.1) is 11.4 Å². The van der Waals surface area contributed by atoms with Crippen LogP contribution in [0.2, 0.25) is 0 Å². The third-order valence-electron chi connectivity index (χ3n) is 3.52. The van der Waals surface area contributed by atoms with Gasteiger partial charge in [0.25, 0.3) is 0 Å². The Kier molecular flexibility index (Phi) is 10.3. The van der Waals surface area contributed by atoms with Gasteiger partial charge in [-0.25, -0.2) is 26.9 Å². The van der Waals surface area contributed by atoms with E-state index in [0.29, 0.717) is 12.5 Å². The molecule has 2 aromatic carbocycles. The molecule has 0 aromatic heterocycles. The van der Waals surface area contributed by atoms with Crippen molar-refractivity contribution in [1.82, 2.24) is 15.4 Å². The fourth-order valence-corrected chi connectivity index (χ4v) is 3.27. The van der Waals surface area contributed by atoms with Crippen molar-refractivity contribution in [3.8, 4) is 0 Å². The van der Waals surface area contributed by atoms with E-state index in [9.17, 15) is 17.2 Å². The van der Waals surface area contributed by atoms with Crippen LogP contribution in [0.25, 0.3) is 0 Å². The van der Waals surface area contributed by atoms with Crippen LogP contribution in [0.15, 0.2) is 58.4 Å². The van der Waals surface area contributed by atoms with Crippen molar-refractivity contribution in [3.63, 3.8) is 0 Å². The van der Waals surface area contributed by atoms with Gasteiger partial charge in [-0.1, -0.05) is 18.2 Å². The zero-order chi connectivity index (χ0) is 19.7. The van der Waals surface area contributed by atoms with Crippen LogP contribution in [-0.4, -0.2) is 34.0 Å². The summed E-state index contributed by atoms with van der Waals surface area (Å²) in [4.78, 5) is 4.38. The summed E-state index contributed by atoms with van der Waals surface area (Å²) in [6.45, 7) is 2.78. The van der Waals surface area contributed by atoms with Gasteiger partial charge in [-0.05, 0) is 37.3 Å². The first kappa shape index (κ1) is 24.2. The Labute approximate surface area is 180 Å². The van der Waals surface area contributed by atoms with E-state index in [2.05, 4.69) is 20.3 Å². The second-order valence-corrected chi connectivity index (χ2v) is 7.34. The molecular weight excluding hydrogens is 501 g/mol. The van der Waals surface area contributed by atoms with E-state index >= 15 is 0 Å². The Morgan fingerprint density at radius 3 is 2.43 bits per heavy atom. The van der Waals surface area contributed by atoms with Gasteiger partial charge in [0.15, 0.2) is 5.96 Å². The number of halogens is 3. The predicted octanol–water partition coefficient (Wildman–Crippen LogP) is 2.62. The molecule has 6 nitrogen and oxygen atoms in total. The lowest BCUT2D eigenvalue weighted by atomic mass is 10.2. The van der Waals surface area contributed by atoms with E-state index < -0.39 is 21.7 Å². The molecule has 0 unspecified atom stereocenters. The molecule has 0 aliphatic rings. The molecule has 2 aromatic rings. The molecule has 0 atom stereocenters. The van der Waals surface area contributed by atoms with Gasteiger partial charge in [-0.2, -0.15) is 0 Å². The van der Waals surface area contributed by atoms with Crippen LogP contribution >= 0.6 is 24.0 Å². The van der Waals surface area contributed by atoms with Gasteiger partial charge in [0.1, 0.15) is 11.6 Å². The smallest absolute Gasteiger partial charge is 0.240 e. The number of benzene rings is 2. The van der Waals surface area contributed by atoms with Gasteiger partial charge in [-0.3, -0.25) is 0 Å². The summed E-state index contributed by atoms with van der Waals surface area (Å²) in [7, 11) is -3.58. The number of hydrogen-bond donors (Lipinski definition) is 3. The van der Waals surface area contributed by atoms with Crippen LogP contribution in [0.4, 0.5) is 8.78 Å². The maximum atomic E-state index is 13.7. The number of sulfonamides is 1. The molecule has 0 heterocycles. The maximum absolute atomic E-state index is 13.7. The first-order valence-corrected chi connectivity index (χ1v) is 9.91. The monoisotopic (exact) mass is 524 g/mol. The van der Waals surface area contributed by atoms with E-state index in [0.717, 1.165) is 18.2 Å². The molecule has 3 N–H and O–H groups in total. The summed E-state index contributed by atoms with van der Waals surface area (Å²) < 4.78 is 53.6. The minimum atomic E-state index is -3.58. The lowest BCUT2D eigenvalue weighted by Gasteiger charge is -2.12. The summed E-state index contributed by atoms with van der Waals surface area (Å²) >= 11 is 0. The zero-order valence-electron chi connectivity index (χ0n) is 15.3. The first-order valence-electron chi connectivity index (χ1n) is 8.43. The average molecular weight is 524 g/mol. The molecule has 10 heteroatoms. The van der Waals surface area contributed by atoms with E-state index in [-0.39, 0.29) is 54.1 Å². The highest BCUT2D eigenvalue weighted by Crippen LogP contribution is 2.10. The first-order chi connectivity index (χ1) is 12.9. The van der Waals surface area contributed by atoms with Crippen LogP contribution in [0.1, 0.15) is 12.5 Å². The van der Waals surface area contributed by atoms with Crippen LogP contribution in [-0.2, 0) is 16.6 Å². The predicted molar refractivity (Wildman–Crippen MR) is 116 cm³/mol. The van der Waals surface area contributed by atoms with Gasteiger partial charge in [0.2, 0.25) is 10.0 Å².